The number of halogens is 2. The topological polar surface area (TPSA) is 43.6 Å². The highest BCUT2D eigenvalue weighted by Crippen LogP contribution is 2.33. The maximum Gasteiger partial charge on any atom is 0.164 e. The van der Waals surface area contributed by atoms with Gasteiger partial charge in [-0.1, -0.05) is 45.7 Å². The molecule has 0 unspecified atom stereocenters. The molecule has 0 aliphatic heterocycles. The van der Waals surface area contributed by atoms with Crippen molar-refractivity contribution < 1.29 is 0 Å². The van der Waals surface area contributed by atoms with Crippen LogP contribution in [-0.4, -0.2) is 19.7 Å². The number of aromatic nitrogens is 4. The van der Waals surface area contributed by atoms with Crippen molar-refractivity contribution in [1.82, 2.24) is 19.7 Å². The molecule has 2 aromatic heterocycles. The molecule has 2 heterocycles. The van der Waals surface area contributed by atoms with Crippen LogP contribution in [0.2, 0.25) is 5.15 Å². The van der Waals surface area contributed by atoms with Crippen molar-refractivity contribution in [3.8, 4) is 11.4 Å². The number of hydrogen-bond acceptors (Lipinski definition) is 3. The first-order chi connectivity index (χ1) is 9.74. The third-order valence-electron chi connectivity index (χ3n) is 3.15. The molecule has 0 saturated heterocycles. The summed E-state index contributed by atoms with van der Waals surface area (Å²) in [6.07, 6.45) is 3.82. The monoisotopic (exact) mass is 370 g/mol. The second-order valence-corrected chi connectivity index (χ2v) is 7.31. The van der Waals surface area contributed by atoms with E-state index in [9.17, 15) is 0 Å². The summed E-state index contributed by atoms with van der Waals surface area (Å²) in [5.41, 5.74) is 2.78. The molecule has 21 heavy (non-hydrogen) atoms. The Labute approximate surface area is 139 Å². The van der Waals surface area contributed by atoms with E-state index in [1.165, 1.54) is 0 Å². The zero-order valence-corrected chi connectivity index (χ0v) is 15.4. The second kappa shape index (κ2) is 6.05. The SMILES string of the molecule is CCCc1nc(-c2cn(C)nc2C(C)(C)C)nc(Cl)c1Br. The zero-order chi connectivity index (χ0) is 15.8. The van der Waals surface area contributed by atoms with Crippen LogP contribution in [0.1, 0.15) is 45.5 Å². The minimum Gasteiger partial charge on any atom is -0.275 e. The number of hydrogen-bond donors (Lipinski definition) is 0. The molecule has 4 nitrogen and oxygen atoms in total. The fraction of sp³-hybridized carbons (Fsp3) is 0.533. The maximum atomic E-state index is 6.25. The molecule has 0 saturated carbocycles. The molecule has 0 fully saturated rings. The smallest absolute Gasteiger partial charge is 0.164 e. The highest BCUT2D eigenvalue weighted by Gasteiger charge is 2.25. The van der Waals surface area contributed by atoms with Gasteiger partial charge in [0.05, 0.1) is 21.4 Å². The van der Waals surface area contributed by atoms with E-state index in [0.717, 1.165) is 34.3 Å². The molecule has 0 atom stereocenters. The van der Waals surface area contributed by atoms with Gasteiger partial charge in [0.2, 0.25) is 0 Å². The van der Waals surface area contributed by atoms with Crippen molar-refractivity contribution in [1.29, 1.82) is 0 Å². The van der Waals surface area contributed by atoms with E-state index in [1.807, 2.05) is 13.2 Å². The number of aryl methyl sites for hydroxylation is 2. The fourth-order valence-corrected chi connectivity index (χ4v) is 2.76. The van der Waals surface area contributed by atoms with Gasteiger partial charge in [0.15, 0.2) is 5.82 Å². The predicted molar refractivity (Wildman–Crippen MR) is 89.6 cm³/mol. The molecule has 6 heteroatoms. The number of nitrogens with zero attached hydrogens (tertiary/aromatic N) is 4. The van der Waals surface area contributed by atoms with Crippen molar-refractivity contribution in [2.75, 3.05) is 0 Å². The van der Waals surface area contributed by atoms with Gasteiger partial charge < -0.3 is 0 Å². The van der Waals surface area contributed by atoms with E-state index in [0.29, 0.717) is 11.0 Å². The highest BCUT2D eigenvalue weighted by molar-refractivity contribution is 9.10. The summed E-state index contributed by atoms with van der Waals surface area (Å²) < 4.78 is 2.59. The van der Waals surface area contributed by atoms with Gasteiger partial charge in [-0.25, -0.2) is 9.97 Å². The molecule has 2 aromatic rings. The van der Waals surface area contributed by atoms with E-state index in [-0.39, 0.29) is 5.41 Å². The first kappa shape index (κ1) is 16.4. The molecular formula is C15H20BrClN4. The van der Waals surface area contributed by atoms with Crippen molar-refractivity contribution >= 4 is 27.5 Å². The van der Waals surface area contributed by atoms with Gasteiger partial charge in [-0.3, -0.25) is 4.68 Å². The lowest BCUT2D eigenvalue weighted by Crippen LogP contribution is -2.14. The first-order valence-electron chi connectivity index (χ1n) is 7.00. The summed E-state index contributed by atoms with van der Waals surface area (Å²) in [6, 6.07) is 0. The molecule has 2 rings (SSSR count). The van der Waals surface area contributed by atoms with Gasteiger partial charge in [-0.05, 0) is 22.4 Å². The largest absolute Gasteiger partial charge is 0.275 e. The van der Waals surface area contributed by atoms with Crippen molar-refractivity contribution in [3.63, 3.8) is 0 Å². The van der Waals surface area contributed by atoms with E-state index in [1.54, 1.807) is 4.68 Å². The first-order valence-corrected chi connectivity index (χ1v) is 8.17. The van der Waals surface area contributed by atoms with Gasteiger partial charge in [-0.2, -0.15) is 5.10 Å². The van der Waals surface area contributed by atoms with E-state index in [4.69, 9.17) is 11.6 Å². The molecule has 0 amide bonds. The van der Waals surface area contributed by atoms with E-state index < -0.39 is 0 Å². The van der Waals surface area contributed by atoms with Crippen LogP contribution >= 0.6 is 27.5 Å². The van der Waals surface area contributed by atoms with Gasteiger partial charge in [-0.15, -0.1) is 0 Å². The lowest BCUT2D eigenvalue weighted by Gasteiger charge is -2.17. The highest BCUT2D eigenvalue weighted by atomic mass is 79.9. The molecule has 0 N–H and O–H groups in total. The average Bonchev–Trinajstić information content (AvgIpc) is 2.77. The molecule has 0 aliphatic rings. The van der Waals surface area contributed by atoms with Crippen LogP contribution < -0.4 is 0 Å². The molecule has 114 valence electrons. The minimum absolute atomic E-state index is 0.0789. The van der Waals surface area contributed by atoms with Gasteiger partial charge in [0.1, 0.15) is 5.15 Å². The zero-order valence-electron chi connectivity index (χ0n) is 13.0. The van der Waals surface area contributed by atoms with Crippen LogP contribution in [0.5, 0.6) is 0 Å². The Morgan fingerprint density at radius 1 is 1.29 bits per heavy atom. The van der Waals surface area contributed by atoms with Crippen molar-refractivity contribution in [2.45, 2.75) is 46.0 Å². The van der Waals surface area contributed by atoms with Crippen LogP contribution in [0, 0.1) is 0 Å². The Morgan fingerprint density at radius 2 is 1.95 bits per heavy atom. The van der Waals surface area contributed by atoms with E-state index >= 15 is 0 Å². The molecule has 0 radical (unpaired) electrons. The summed E-state index contributed by atoms with van der Waals surface area (Å²) in [5.74, 6) is 0.643. The Bertz CT molecular complexity index is 658. The molecular weight excluding hydrogens is 352 g/mol. The summed E-state index contributed by atoms with van der Waals surface area (Å²) in [6.45, 7) is 8.51. The van der Waals surface area contributed by atoms with Crippen LogP contribution in [0.3, 0.4) is 0 Å². The maximum absolute atomic E-state index is 6.25. The van der Waals surface area contributed by atoms with Crippen LogP contribution in [-0.2, 0) is 18.9 Å². The Balaban J connectivity index is 2.62. The summed E-state index contributed by atoms with van der Waals surface area (Å²) in [7, 11) is 1.91. The third-order valence-corrected chi connectivity index (χ3v) is 4.48. The Morgan fingerprint density at radius 3 is 2.52 bits per heavy atom. The van der Waals surface area contributed by atoms with Crippen molar-refractivity contribution in [3.05, 3.63) is 27.2 Å². The summed E-state index contributed by atoms with van der Waals surface area (Å²) in [5, 5.41) is 5.02. The lowest BCUT2D eigenvalue weighted by atomic mass is 9.89. The third kappa shape index (κ3) is 3.46. The second-order valence-electron chi connectivity index (χ2n) is 6.16. The minimum atomic E-state index is -0.0789. The van der Waals surface area contributed by atoms with Crippen LogP contribution in [0.25, 0.3) is 11.4 Å². The van der Waals surface area contributed by atoms with Gasteiger partial charge >= 0.3 is 0 Å². The molecule has 0 bridgehead atoms. The Hall–Kier alpha value is -0.940. The fourth-order valence-electron chi connectivity index (χ4n) is 2.19. The Kier molecular flexibility index (Phi) is 4.73. The molecule has 0 aliphatic carbocycles. The quantitative estimate of drug-likeness (QED) is 0.744. The standard InChI is InChI=1S/C15H20BrClN4/c1-6-7-10-11(16)13(17)19-14(18-10)9-8-21(5)20-12(9)15(2,3)4/h8H,6-7H2,1-5H3. The van der Waals surface area contributed by atoms with Gasteiger partial charge in [0.25, 0.3) is 0 Å². The number of rotatable bonds is 3. The normalized spacial score (nSPS) is 12.0. The summed E-state index contributed by atoms with van der Waals surface area (Å²) in [4.78, 5) is 9.11. The molecule has 0 aromatic carbocycles. The van der Waals surface area contributed by atoms with Crippen molar-refractivity contribution in [2.24, 2.45) is 7.05 Å². The lowest BCUT2D eigenvalue weighted by molar-refractivity contribution is 0.554. The molecule has 0 spiro atoms. The summed E-state index contributed by atoms with van der Waals surface area (Å²) >= 11 is 9.73. The predicted octanol–water partition coefficient (Wildman–Crippen LogP) is 4.54. The van der Waals surface area contributed by atoms with E-state index in [2.05, 4.69) is 58.7 Å². The van der Waals surface area contributed by atoms with Crippen LogP contribution in [0.4, 0.5) is 0 Å². The van der Waals surface area contributed by atoms with Crippen LogP contribution in [0.15, 0.2) is 10.7 Å². The van der Waals surface area contributed by atoms with Gasteiger partial charge in [0, 0.05) is 18.7 Å². The average molecular weight is 372 g/mol.